The number of ether oxygens (including phenoxy) is 4. The van der Waals surface area contributed by atoms with Crippen molar-refractivity contribution < 1.29 is 33.5 Å². The molecule has 1 aliphatic heterocycles. The van der Waals surface area contributed by atoms with Crippen molar-refractivity contribution in [2.75, 3.05) is 13.7 Å². The van der Waals surface area contributed by atoms with Crippen molar-refractivity contribution in [3.63, 3.8) is 0 Å². The van der Waals surface area contributed by atoms with Crippen LogP contribution in [0.2, 0.25) is 0 Å². The van der Waals surface area contributed by atoms with Crippen LogP contribution >= 0.6 is 0 Å². The smallest absolute Gasteiger partial charge is 0.363 e. The molecule has 10 heteroatoms. The lowest BCUT2D eigenvalue weighted by Crippen LogP contribution is -2.09. The summed E-state index contributed by atoms with van der Waals surface area (Å²) in [4.78, 5) is 39.6. The fourth-order valence-electron chi connectivity index (χ4n) is 3.48. The van der Waals surface area contributed by atoms with Crippen LogP contribution < -0.4 is 14.2 Å². The molecule has 0 saturated carbocycles. The van der Waals surface area contributed by atoms with Crippen molar-refractivity contribution >= 4 is 29.6 Å². The lowest BCUT2D eigenvalue weighted by Gasteiger charge is -2.10. The zero-order valence-corrected chi connectivity index (χ0v) is 20.7. The van der Waals surface area contributed by atoms with E-state index in [1.807, 2.05) is 0 Å². The van der Waals surface area contributed by atoms with Crippen molar-refractivity contribution in [1.29, 1.82) is 0 Å². The van der Waals surface area contributed by atoms with Crippen molar-refractivity contribution in [2.24, 2.45) is 4.99 Å². The number of hydrogen-bond donors (Lipinski definition) is 0. The van der Waals surface area contributed by atoms with Crippen LogP contribution in [0.1, 0.15) is 41.3 Å². The first-order valence-electron chi connectivity index (χ1n) is 11.8. The first-order valence-corrected chi connectivity index (χ1v) is 11.8. The number of methoxy groups -OCH3 is 1. The van der Waals surface area contributed by atoms with Gasteiger partial charge in [0.15, 0.2) is 17.2 Å². The van der Waals surface area contributed by atoms with Crippen molar-refractivity contribution in [3.05, 3.63) is 99.2 Å². The maximum atomic E-state index is 12.5. The zero-order chi connectivity index (χ0) is 27.1. The minimum absolute atomic E-state index is 0.0172. The monoisotopic (exact) mass is 516 g/mol. The number of benzene rings is 3. The topological polar surface area (TPSA) is 127 Å². The second-order valence-electron chi connectivity index (χ2n) is 8.17. The third-order valence-corrected chi connectivity index (χ3v) is 5.47. The summed E-state index contributed by atoms with van der Waals surface area (Å²) in [7, 11) is 1.40. The Hall–Kier alpha value is -4.99. The van der Waals surface area contributed by atoms with E-state index in [1.165, 1.54) is 37.5 Å². The molecule has 0 N–H and O–H groups in total. The molecule has 3 aromatic carbocycles. The number of aliphatic imine (C=N–C) groups is 1. The molecule has 0 spiro atoms. The third-order valence-electron chi connectivity index (χ3n) is 5.47. The number of hydrogen-bond acceptors (Lipinski definition) is 9. The predicted molar refractivity (Wildman–Crippen MR) is 138 cm³/mol. The van der Waals surface area contributed by atoms with E-state index in [2.05, 4.69) is 11.9 Å². The van der Waals surface area contributed by atoms with Gasteiger partial charge >= 0.3 is 11.9 Å². The first-order chi connectivity index (χ1) is 18.4. The average molecular weight is 517 g/mol. The van der Waals surface area contributed by atoms with Gasteiger partial charge in [-0.3, -0.25) is 10.1 Å². The lowest BCUT2D eigenvalue weighted by molar-refractivity contribution is -0.384. The molecule has 0 radical (unpaired) electrons. The number of esters is 2. The SMILES string of the molecule is CCCCOc1ccc(C2=N/C(=C\c3ccc(OC(=O)c4cccc([N+](=O)[O-])c4)c(OC)c3)C(=O)O2)cc1. The standard InChI is InChI=1S/C28H24N2O8/c1-3-4-14-36-22-11-9-19(10-12-22)26-29-23(28(32)38-26)15-18-8-13-24(25(16-18)35-2)37-27(31)20-6-5-7-21(17-20)30(33)34/h5-13,15-17H,3-4,14H2,1-2H3/b23-15-. The minimum Gasteiger partial charge on any atom is -0.494 e. The normalized spacial score (nSPS) is 13.6. The van der Waals surface area contributed by atoms with Gasteiger partial charge in [0.1, 0.15) is 5.75 Å². The Morgan fingerprint density at radius 2 is 1.87 bits per heavy atom. The summed E-state index contributed by atoms with van der Waals surface area (Å²) < 4.78 is 21.7. The summed E-state index contributed by atoms with van der Waals surface area (Å²) in [6.45, 7) is 2.72. The van der Waals surface area contributed by atoms with Gasteiger partial charge in [-0.1, -0.05) is 25.5 Å². The van der Waals surface area contributed by atoms with Gasteiger partial charge in [-0.15, -0.1) is 0 Å². The van der Waals surface area contributed by atoms with Gasteiger partial charge < -0.3 is 18.9 Å². The molecule has 3 aromatic rings. The van der Waals surface area contributed by atoms with Gasteiger partial charge in [-0.05, 0) is 60.5 Å². The number of rotatable bonds is 10. The van der Waals surface area contributed by atoms with Crippen molar-refractivity contribution in [3.8, 4) is 17.2 Å². The van der Waals surface area contributed by atoms with E-state index in [-0.39, 0.29) is 34.3 Å². The summed E-state index contributed by atoms with van der Waals surface area (Å²) in [5, 5.41) is 11.0. The molecule has 0 fully saturated rings. The van der Waals surface area contributed by atoms with Gasteiger partial charge in [0, 0.05) is 17.7 Å². The Morgan fingerprint density at radius 3 is 2.58 bits per heavy atom. The highest BCUT2D eigenvalue weighted by Crippen LogP contribution is 2.31. The molecule has 38 heavy (non-hydrogen) atoms. The van der Waals surface area contributed by atoms with Crippen LogP contribution in [0, 0.1) is 10.1 Å². The van der Waals surface area contributed by atoms with Crippen LogP contribution in [-0.2, 0) is 9.53 Å². The Kier molecular flexibility index (Phi) is 8.12. The maximum Gasteiger partial charge on any atom is 0.363 e. The fourth-order valence-corrected chi connectivity index (χ4v) is 3.48. The molecule has 10 nitrogen and oxygen atoms in total. The van der Waals surface area contributed by atoms with Crippen molar-refractivity contribution in [1.82, 2.24) is 0 Å². The summed E-state index contributed by atoms with van der Waals surface area (Å²) in [5.74, 6) is -0.174. The Morgan fingerprint density at radius 1 is 1.08 bits per heavy atom. The number of nitro benzene ring substituents is 1. The van der Waals surface area contributed by atoms with E-state index in [9.17, 15) is 19.7 Å². The number of cyclic esters (lactones) is 1. The Labute approximate surface area is 218 Å². The second-order valence-corrected chi connectivity index (χ2v) is 8.17. The average Bonchev–Trinajstić information content (AvgIpc) is 3.29. The highest BCUT2D eigenvalue weighted by atomic mass is 16.6. The van der Waals surface area contributed by atoms with Crippen LogP contribution in [0.4, 0.5) is 5.69 Å². The van der Waals surface area contributed by atoms with E-state index < -0.39 is 16.9 Å². The summed E-state index contributed by atoms with van der Waals surface area (Å²) >= 11 is 0. The molecule has 194 valence electrons. The molecule has 0 aliphatic carbocycles. The summed E-state index contributed by atoms with van der Waals surface area (Å²) in [6.07, 6.45) is 3.53. The van der Waals surface area contributed by atoms with E-state index in [4.69, 9.17) is 18.9 Å². The molecular formula is C28H24N2O8. The lowest BCUT2D eigenvalue weighted by atomic mass is 10.1. The van der Waals surface area contributed by atoms with Crippen LogP contribution in [-0.4, -0.2) is 36.5 Å². The third kappa shape index (κ3) is 6.22. The fraction of sp³-hybridized carbons (Fsp3) is 0.179. The number of nitrogens with zero attached hydrogens (tertiary/aromatic N) is 2. The number of carbonyl (C=O) groups excluding carboxylic acids is 2. The summed E-state index contributed by atoms with van der Waals surface area (Å²) in [6, 6.07) is 17.0. The number of carbonyl (C=O) groups is 2. The first kappa shape index (κ1) is 26.1. The molecule has 0 aromatic heterocycles. The van der Waals surface area contributed by atoms with Gasteiger partial charge in [-0.25, -0.2) is 14.6 Å². The zero-order valence-electron chi connectivity index (χ0n) is 20.7. The second kappa shape index (κ2) is 11.8. The van der Waals surface area contributed by atoms with Gasteiger partial charge in [0.05, 0.1) is 24.2 Å². The molecule has 1 aliphatic rings. The van der Waals surface area contributed by atoms with Gasteiger partial charge in [0.2, 0.25) is 5.90 Å². The Bertz CT molecular complexity index is 1430. The number of non-ortho nitro benzene ring substituents is 1. The van der Waals surface area contributed by atoms with Crippen LogP contribution in [0.5, 0.6) is 17.2 Å². The van der Waals surface area contributed by atoms with Gasteiger partial charge in [0.25, 0.3) is 5.69 Å². The van der Waals surface area contributed by atoms with E-state index in [0.29, 0.717) is 17.7 Å². The van der Waals surface area contributed by atoms with E-state index in [0.717, 1.165) is 24.7 Å². The molecule has 0 saturated heterocycles. The number of unbranched alkanes of at least 4 members (excludes halogenated alkanes) is 1. The maximum absolute atomic E-state index is 12.5. The van der Waals surface area contributed by atoms with E-state index >= 15 is 0 Å². The molecule has 0 bridgehead atoms. The highest BCUT2D eigenvalue weighted by molar-refractivity contribution is 6.12. The number of nitro groups is 1. The van der Waals surface area contributed by atoms with Crippen molar-refractivity contribution in [2.45, 2.75) is 19.8 Å². The molecule has 0 amide bonds. The minimum atomic E-state index is -0.784. The van der Waals surface area contributed by atoms with Crippen LogP contribution in [0.3, 0.4) is 0 Å². The molecule has 4 rings (SSSR count). The van der Waals surface area contributed by atoms with E-state index in [1.54, 1.807) is 36.4 Å². The van der Waals surface area contributed by atoms with Gasteiger partial charge in [-0.2, -0.15) is 0 Å². The Balaban J connectivity index is 1.49. The molecule has 1 heterocycles. The van der Waals surface area contributed by atoms with Crippen LogP contribution in [0.15, 0.2) is 77.4 Å². The van der Waals surface area contributed by atoms with Crippen LogP contribution in [0.25, 0.3) is 6.08 Å². The molecular weight excluding hydrogens is 492 g/mol. The predicted octanol–water partition coefficient (Wildman–Crippen LogP) is 5.35. The quantitative estimate of drug-likeness (QED) is 0.0882. The molecule has 0 atom stereocenters. The largest absolute Gasteiger partial charge is 0.494 e. The molecule has 0 unspecified atom stereocenters. The highest BCUT2D eigenvalue weighted by Gasteiger charge is 2.24. The summed E-state index contributed by atoms with van der Waals surface area (Å²) in [5.41, 5.74) is 1.06.